The molecule has 0 bridgehead atoms. The summed E-state index contributed by atoms with van der Waals surface area (Å²) in [5, 5.41) is 4.61. The standard InChI is InChI=1S/C23H18BrN3O2/c24-17-7-4-8-18(13-17)27-21-15(5-3-6-16(21)14-25-27)11-12-26-22(28)19-9-1-2-10-20(19)23(26)29/h1-2,4,7-11,13-14H,3,5-6,12H2/b15-11-. The molecule has 2 amide bonds. The monoisotopic (exact) mass is 447 g/mol. The van der Waals surface area contributed by atoms with Gasteiger partial charge in [0.25, 0.3) is 11.8 Å². The zero-order chi connectivity index (χ0) is 20.0. The number of carbonyl (C=O) groups excluding carboxylic acids is 2. The van der Waals surface area contributed by atoms with Gasteiger partial charge in [0.05, 0.1) is 28.7 Å². The van der Waals surface area contributed by atoms with Crippen LogP contribution in [0.4, 0.5) is 0 Å². The van der Waals surface area contributed by atoms with E-state index in [4.69, 9.17) is 0 Å². The number of aromatic nitrogens is 2. The Labute approximate surface area is 176 Å². The lowest BCUT2D eigenvalue weighted by atomic mass is 9.92. The molecule has 2 aromatic carbocycles. The molecule has 2 aliphatic rings. The van der Waals surface area contributed by atoms with Gasteiger partial charge >= 0.3 is 0 Å². The van der Waals surface area contributed by atoms with Crippen molar-refractivity contribution < 1.29 is 9.59 Å². The van der Waals surface area contributed by atoms with Crippen LogP contribution in [0, 0.1) is 0 Å². The van der Waals surface area contributed by atoms with Crippen LogP contribution in [0.3, 0.4) is 0 Å². The van der Waals surface area contributed by atoms with E-state index in [1.807, 2.05) is 41.2 Å². The highest BCUT2D eigenvalue weighted by molar-refractivity contribution is 9.10. The van der Waals surface area contributed by atoms with Crippen LogP contribution in [-0.4, -0.2) is 33.0 Å². The highest BCUT2D eigenvalue weighted by Gasteiger charge is 2.34. The van der Waals surface area contributed by atoms with Crippen LogP contribution in [-0.2, 0) is 6.42 Å². The zero-order valence-corrected chi connectivity index (χ0v) is 17.2. The lowest BCUT2D eigenvalue weighted by molar-refractivity contribution is 0.0672. The van der Waals surface area contributed by atoms with Crippen molar-refractivity contribution in [3.05, 3.63) is 87.7 Å². The van der Waals surface area contributed by atoms with Crippen molar-refractivity contribution in [2.45, 2.75) is 19.3 Å². The fraction of sp³-hybridized carbons (Fsp3) is 0.174. The van der Waals surface area contributed by atoms with E-state index in [-0.39, 0.29) is 18.4 Å². The van der Waals surface area contributed by atoms with Gasteiger partial charge in [0, 0.05) is 11.0 Å². The minimum Gasteiger partial charge on any atom is -0.270 e. The maximum atomic E-state index is 12.7. The van der Waals surface area contributed by atoms with Crippen LogP contribution >= 0.6 is 15.9 Å². The van der Waals surface area contributed by atoms with Crippen LogP contribution in [0.2, 0.25) is 0 Å². The predicted molar refractivity (Wildman–Crippen MR) is 114 cm³/mol. The maximum absolute atomic E-state index is 12.7. The number of fused-ring (bicyclic) bond motifs is 2. The number of hydrogen-bond acceptors (Lipinski definition) is 3. The summed E-state index contributed by atoms with van der Waals surface area (Å²) in [6, 6.07) is 15.0. The Balaban J connectivity index is 1.49. The molecule has 144 valence electrons. The first-order valence-corrected chi connectivity index (χ1v) is 10.4. The van der Waals surface area contributed by atoms with Crippen LogP contribution in [0.25, 0.3) is 11.3 Å². The van der Waals surface area contributed by atoms with Crippen molar-refractivity contribution in [2.24, 2.45) is 0 Å². The number of aryl methyl sites for hydroxylation is 1. The fourth-order valence-electron chi connectivity index (χ4n) is 4.10. The third-order valence-corrected chi connectivity index (χ3v) is 5.99. The molecule has 1 aliphatic heterocycles. The summed E-state index contributed by atoms with van der Waals surface area (Å²) in [4.78, 5) is 26.6. The van der Waals surface area contributed by atoms with Crippen molar-refractivity contribution in [3.8, 4) is 5.69 Å². The second-order valence-electron chi connectivity index (χ2n) is 7.26. The number of carbonyl (C=O) groups is 2. The summed E-state index contributed by atoms with van der Waals surface area (Å²) in [5.41, 5.74) is 5.35. The summed E-state index contributed by atoms with van der Waals surface area (Å²) in [6.45, 7) is 0.269. The molecule has 5 rings (SSSR count). The molecular formula is C23H18BrN3O2. The van der Waals surface area contributed by atoms with Crippen LogP contribution in [0.5, 0.6) is 0 Å². The third-order valence-electron chi connectivity index (χ3n) is 5.49. The predicted octanol–water partition coefficient (Wildman–Crippen LogP) is 4.65. The van der Waals surface area contributed by atoms with Crippen molar-refractivity contribution in [1.29, 1.82) is 0 Å². The van der Waals surface area contributed by atoms with Gasteiger partial charge in [0.2, 0.25) is 0 Å². The molecule has 0 saturated carbocycles. The largest absolute Gasteiger partial charge is 0.270 e. The maximum Gasteiger partial charge on any atom is 0.261 e. The Bertz CT molecular complexity index is 1140. The number of nitrogens with zero attached hydrogens (tertiary/aromatic N) is 3. The third kappa shape index (κ3) is 3.04. The zero-order valence-electron chi connectivity index (χ0n) is 15.6. The van der Waals surface area contributed by atoms with Crippen molar-refractivity contribution in [1.82, 2.24) is 14.7 Å². The minimum atomic E-state index is -0.223. The van der Waals surface area contributed by atoms with E-state index in [9.17, 15) is 9.59 Å². The number of allylic oxidation sites excluding steroid dienone is 1. The van der Waals surface area contributed by atoms with E-state index in [0.717, 1.165) is 40.7 Å². The average molecular weight is 448 g/mol. The summed E-state index contributed by atoms with van der Waals surface area (Å²) < 4.78 is 2.94. The Morgan fingerprint density at radius 1 is 1.00 bits per heavy atom. The molecule has 0 fully saturated rings. The molecule has 1 aliphatic carbocycles. The molecule has 2 heterocycles. The first kappa shape index (κ1) is 18.1. The van der Waals surface area contributed by atoms with Gasteiger partial charge in [-0.3, -0.25) is 14.5 Å². The highest BCUT2D eigenvalue weighted by atomic mass is 79.9. The van der Waals surface area contributed by atoms with Gasteiger partial charge in [-0.15, -0.1) is 0 Å². The molecule has 3 aromatic rings. The quantitative estimate of drug-likeness (QED) is 0.549. The van der Waals surface area contributed by atoms with E-state index < -0.39 is 0 Å². The van der Waals surface area contributed by atoms with Gasteiger partial charge in [0.1, 0.15) is 0 Å². The number of imide groups is 1. The molecule has 29 heavy (non-hydrogen) atoms. The van der Waals surface area contributed by atoms with Crippen LogP contribution in [0.1, 0.15) is 44.8 Å². The van der Waals surface area contributed by atoms with Gasteiger partial charge in [-0.05, 0) is 60.7 Å². The summed E-state index contributed by atoms with van der Waals surface area (Å²) in [7, 11) is 0. The first-order valence-electron chi connectivity index (χ1n) is 9.61. The molecule has 0 spiro atoms. The van der Waals surface area contributed by atoms with Gasteiger partial charge in [-0.25, -0.2) is 4.68 Å². The SMILES string of the molecule is O=C1c2ccccc2C(=O)N1C/C=C1/CCCc2cnn(-c3cccc(Br)c3)c21. The molecule has 5 nitrogen and oxygen atoms in total. The van der Waals surface area contributed by atoms with Crippen LogP contribution < -0.4 is 0 Å². The molecule has 0 N–H and O–H groups in total. The molecule has 0 unspecified atom stereocenters. The van der Waals surface area contributed by atoms with Gasteiger partial charge < -0.3 is 0 Å². The van der Waals surface area contributed by atoms with Gasteiger partial charge in [-0.2, -0.15) is 5.10 Å². The number of benzene rings is 2. The van der Waals surface area contributed by atoms with E-state index in [0.29, 0.717) is 11.1 Å². The molecule has 0 saturated heterocycles. The van der Waals surface area contributed by atoms with E-state index in [1.54, 1.807) is 24.3 Å². The first-order chi connectivity index (χ1) is 14.1. The molecule has 0 radical (unpaired) electrons. The normalized spacial score (nSPS) is 17.0. The number of hydrogen-bond donors (Lipinski definition) is 0. The Hall–Kier alpha value is -2.99. The Morgan fingerprint density at radius 3 is 2.48 bits per heavy atom. The Morgan fingerprint density at radius 2 is 1.76 bits per heavy atom. The van der Waals surface area contributed by atoms with E-state index in [1.165, 1.54) is 10.5 Å². The number of rotatable bonds is 3. The number of amides is 2. The summed E-state index contributed by atoms with van der Waals surface area (Å²) in [5.74, 6) is -0.446. The highest BCUT2D eigenvalue weighted by Crippen LogP contribution is 2.33. The second-order valence-corrected chi connectivity index (χ2v) is 8.18. The van der Waals surface area contributed by atoms with E-state index in [2.05, 4.69) is 21.0 Å². The minimum absolute atomic E-state index is 0.223. The van der Waals surface area contributed by atoms with Crippen molar-refractivity contribution >= 4 is 33.3 Å². The second kappa shape index (κ2) is 7.12. The molecular weight excluding hydrogens is 430 g/mol. The van der Waals surface area contributed by atoms with Crippen molar-refractivity contribution in [3.63, 3.8) is 0 Å². The van der Waals surface area contributed by atoms with Gasteiger partial charge in [-0.1, -0.05) is 40.2 Å². The molecule has 6 heteroatoms. The van der Waals surface area contributed by atoms with Gasteiger partial charge in [0.15, 0.2) is 0 Å². The van der Waals surface area contributed by atoms with Crippen LogP contribution in [0.15, 0.2) is 65.3 Å². The molecule has 0 atom stereocenters. The smallest absolute Gasteiger partial charge is 0.261 e. The Kier molecular flexibility index (Phi) is 4.43. The lowest BCUT2D eigenvalue weighted by Crippen LogP contribution is -2.30. The fourth-order valence-corrected chi connectivity index (χ4v) is 4.49. The number of halogens is 1. The summed E-state index contributed by atoms with van der Waals surface area (Å²) in [6.07, 6.45) is 6.84. The van der Waals surface area contributed by atoms with E-state index >= 15 is 0 Å². The average Bonchev–Trinajstić information content (AvgIpc) is 3.27. The lowest BCUT2D eigenvalue weighted by Gasteiger charge is -2.19. The summed E-state index contributed by atoms with van der Waals surface area (Å²) >= 11 is 3.52. The topological polar surface area (TPSA) is 55.2 Å². The van der Waals surface area contributed by atoms with Crippen molar-refractivity contribution in [2.75, 3.05) is 6.54 Å². The molecule has 1 aromatic heterocycles.